The second-order valence-corrected chi connectivity index (χ2v) is 4.84. The molecule has 1 aromatic heterocycles. The molecule has 2 aromatic rings. The van der Waals surface area contributed by atoms with Crippen molar-refractivity contribution >= 4 is 28.6 Å². The largest absolute Gasteiger partial charge is 0.253 e. The molecule has 16 heavy (non-hydrogen) atoms. The van der Waals surface area contributed by atoms with E-state index in [1.807, 2.05) is 25.1 Å². The lowest BCUT2D eigenvalue weighted by Gasteiger charge is -2.05. The first-order valence-electron chi connectivity index (χ1n) is 5.04. The molecule has 82 valence electrons. The summed E-state index contributed by atoms with van der Waals surface area (Å²) in [5.74, 6) is 0.736. The number of hydrogen-bond donors (Lipinski definition) is 1. The van der Waals surface area contributed by atoms with Crippen molar-refractivity contribution in [3.63, 3.8) is 0 Å². The zero-order valence-electron chi connectivity index (χ0n) is 8.94. The molecule has 0 fully saturated rings. The SMILES string of the molecule is Cc1nc(-c2ccc(Br)cc2)ccc1CS. The van der Waals surface area contributed by atoms with Crippen LogP contribution >= 0.6 is 28.6 Å². The first-order chi connectivity index (χ1) is 7.70. The number of nitrogens with zero attached hydrogens (tertiary/aromatic N) is 1. The van der Waals surface area contributed by atoms with Crippen LogP contribution in [0.4, 0.5) is 0 Å². The van der Waals surface area contributed by atoms with Gasteiger partial charge in [-0.1, -0.05) is 34.1 Å². The number of rotatable bonds is 2. The molecule has 1 heterocycles. The van der Waals surface area contributed by atoms with Crippen LogP contribution in [0.15, 0.2) is 40.9 Å². The molecule has 0 N–H and O–H groups in total. The Morgan fingerprint density at radius 2 is 1.81 bits per heavy atom. The second-order valence-electron chi connectivity index (χ2n) is 3.61. The maximum atomic E-state index is 4.58. The molecule has 0 aliphatic heterocycles. The van der Waals surface area contributed by atoms with Crippen LogP contribution in [0.2, 0.25) is 0 Å². The standard InChI is InChI=1S/C13H12BrNS/c1-9-11(8-16)4-7-13(15-9)10-2-5-12(14)6-3-10/h2-7,16H,8H2,1H3. The molecule has 1 aromatic carbocycles. The number of aryl methyl sites for hydroxylation is 1. The second kappa shape index (κ2) is 5.02. The predicted molar refractivity (Wildman–Crippen MR) is 74.8 cm³/mol. The number of thiol groups is 1. The normalized spacial score (nSPS) is 10.4. The third kappa shape index (κ3) is 2.47. The van der Waals surface area contributed by atoms with E-state index in [0.29, 0.717) is 0 Å². The molecule has 0 radical (unpaired) electrons. The summed E-state index contributed by atoms with van der Waals surface area (Å²) >= 11 is 7.69. The summed E-state index contributed by atoms with van der Waals surface area (Å²) in [4.78, 5) is 4.58. The highest BCUT2D eigenvalue weighted by molar-refractivity contribution is 9.10. The van der Waals surface area contributed by atoms with Crippen molar-refractivity contribution in [2.75, 3.05) is 0 Å². The minimum Gasteiger partial charge on any atom is -0.253 e. The van der Waals surface area contributed by atoms with E-state index in [1.54, 1.807) is 0 Å². The first kappa shape index (κ1) is 11.7. The van der Waals surface area contributed by atoms with Crippen molar-refractivity contribution < 1.29 is 0 Å². The van der Waals surface area contributed by atoms with Crippen LogP contribution in [0.25, 0.3) is 11.3 Å². The lowest BCUT2D eigenvalue weighted by Crippen LogP contribution is -1.92. The number of pyridine rings is 1. The van der Waals surface area contributed by atoms with Gasteiger partial charge in [0, 0.05) is 21.5 Å². The van der Waals surface area contributed by atoms with E-state index in [1.165, 1.54) is 5.56 Å². The van der Waals surface area contributed by atoms with Gasteiger partial charge < -0.3 is 0 Å². The van der Waals surface area contributed by atoms with Crippen LogP contribution in [0.1, 0.15) is 11.3 Å². The molecule has 0 saturated heterocycles. The Hall–Kier alpha value is -0.800. The van der Waals surface area contributed by atoms with Crippen molar-refractivity contribution in [3.8, 4) is 11.3 Å². The quantitative estimate of drug-likeness (QED) is 0.817. The number of benzene rings is 1. The molecule has 0 saturated carbocycles. The van der Waals surface area contributed by atoms with Crippen LogP contribution in [-0.4, -0.2) is 4.98 Å². The summed E-state index contributed by atoms with van der Waals surface area (Å²) in [5, 5.41) is 0. The molecule has 3 heteroatoms. The van der Waals surface area contributed by atoms with Crippen molar-refractivity contribution in [3.05, 3.63) is 52.1 Å². The van der Waals surface area contributed by atoms with Crippen LogP contribution in [0.5, 0.6) is 0 Å². The maximum absolute atomic E-state index is 4.58. The number of aromatic nitrogens is 1. The highest BCUT2D eigenvalue weighted by Crippen LogP contribution is 2.21. The molecule has 0 atom stereocenters. The molecule has 1 nitrogen and oxygen atoms in total. The Morgan fingerprint density at radius 3 is 2.38 bits per heavy atom. The smallest absolute Gasteiger partial charge is 0.0705 e. The monoisotopic (exact) mass is 293 g/mol. The lowest BCUT2D eigenvalue weighted by molar-refractivity contribution is 1.15. The van der Waals surface area contributed by atoms with Gasteiger partial charge in [0.2, 0.25) is 0 Å². The molecule has 0 bridgehead atoms. The maximum Gasteiger partial charge on any atom is 0.0705 e. The first-order valence-corrected chi connectivity index (χ1v) is 6.46. The van der Waals surface area contributed by atoms with Crippen molar-refractivity contribution in [2.45, 2.75) is 12.7 Å². The third-order valence-corrected chi connectivity index (χ3v) is 3.37. The summed E-state index contributed by atoms with van der Waals surface area (Å²) in [6.45, 7) is 2.02. The lowest BCUT2D eigenvalue weighted by atomic mass is 10.1. The van der Waals surface area contributed by atoms with E-state index in [-0.39, 0.29) is 0 Å². The van der Waals surface area contributed by atoms with Crippen molar-refractivity contribution in [1.82, 2.24) is 4.98 Å². The molecule has 0 spiro atoms. The number of halogens is 1. The fraction of sp³-hybridized carbons (Fsp3) is 0.154. The van der Waals surface area contributed by atoms with Gasteiger partial charge in [-0.05, 0) is 30.7 Å². The van der Waals surface area contributed by atoms with Gasteiger partial charge >= 0.3 is 0 Å². The van der Waals surface area contributed by atoms with Crippen molar-refractivity contribution in [1.29, 1.82) is 0 Å². The van der Waals surface area contributed by atoms with Gasteiger partial charge in [-0.25, -0.2) is 0 Å². The molecule has 0 amide bonds. The molecule has 2 rings (SSSR count). The fourth-order valence-electron chi connectivity index (χ4n) is 1.54. The molecule has 0 aliphatic rings. The predicted octanol–water partition coefficient (Wildman–Crippen LogP) is 4.25. The molecule has 0 aliphatic carbocycles. The summed E-state index contributed by atoms with van der Waals surface area (Å²) in [6, 6.07) is 12.3. The van der Waals surface area contributed by atoms with E-state index < -0.39 is 0 Å². The van der Waals surface area contributed by atoms with Gasteiger partial charge in [-0.2, -0.15) is 12.6 Å². The summed E-state index contributed by atoms with van der Waals surface area (Å²) in [5.41, 5.74) is 4.38. The van der Waals surface area contributed by atoms with E-state index in [4.69, 9.17) is 0 Å². The van der Waals surface area contributed by atoms with Gasteiger partial charge in [0.1, 0.15) is 0 Å². The average molecular weight is 294 g/mol. The minimum absolute atomic E-state index is 0.736. The van der Waals surface area contributed by atoms with Gasteiger partial charge in [0.15, 0.2) is 0 Å². The minimum atomic E-state index is 0.736. The van der Waals surface area contributed by atoms with E-state index in [0.717, 1.165) is 27.2 Å². The summed E-state index contributed by atoms with van der Waals surface area (Å²) < 4.78 is 1.08. The summed E-state index contributed by atoms with van der Waals surface area (Å²) in [6.07, 6.45) is 0. The third-order valence-electron chi connectivity index (χ3n) is 2.51. The Bertz CT molecular complexity index is 494. The van der Waals surface area contributed by atoms with E-state index in [9.17, 15) is 0 Å². The van der Waals surface area contributed by atoms with Crippen LogP contribution < -0.4 is 0 Å². The zero-order valence-corrected chi connectivity index (χ0v) is 11.4. The molecule has 0 unspecified atom stereocenters. The van der Waals surface area contributed by atoms with Gasteiger partial charge in [0.25, 0.3) is 0 Å². The topological polar surface area (TPSA) is 12.9 Å². The Balaban J connectivity index is 2.41. The van der Waals surface area contributed by atoms with Gasteiger partial charge in [-0.15, -0.1) is 0 Å². The van der Waals surface area contributed by atoms with Gasteiger partial charge in [0.05, 0.1) is 5.69 Å². The molecular weight excluding hydrogens is 282 g/mol. The van der Waals surface area contributed by atoms with E-state index in [2.05, 4.69) is 51.7 Å². The van der Waals surface area contributed by atoms with Gasteiger partial charge in [-0.3, -0.25) is 4.98 Å². The van der Waals surface area contributed by atoms with E-state index >= 15 is 0 Å². The Kier molecular flexibility index (Phi) is 3.66. The van der Waals surface area contributed by atoms with Crippen LogP contribution in [0, 0.1) is 6.92 Å². The fourth-order valence-corrected chi connectivity index (χ4v) is 2.14. The Labute approximate surface area is 109 Å². The van der Waals surface area contributed by atoms with Crippen molar-refractivity contribution in [2.24, 2.45) is 0 Å². The molecular formula is C13H12BrNS. The highest BCUT2D eigenvalue weighted by atomic mass is 79.9. The summed E-state index contributed by atoms with van der Waals surface area (Å²) in [7, 11) is 0. The number of hydrogen-bond acceptors (Lipinski definition) is 2. The Morgan fingerprint density at radius 1 is 1.12 bits per heavy atom. The zero-order chi connectivity index (χ0) is 11.5. The van der Waals surface area contributed by atoms with Crippen LogP contribution in [0.3, 0.4) is 0 Å². The van der Waals surface area contributed by atoms with Crippen LogP contribution in [-0.2, 0) is 5.75 Å². The average Bonchev–Trinajstić information content (AvgIpc) is 2.30. The highest BCUT2D eigenvalue weighted by Gasteiger charge is 2.02.